The highest BCUT2D eigenvalue weighted by atomic mass is 35.5. The summed E-state index contributed by atoms with van der Waals surface area (Å²) in [5.74, 6) is -0.641. The monoisotopic (exact) mass is 504 g/mol. The molecule has 0 saturated heterocycles. The zero-order valence-corrected chi connectivity index (χ0v) is 20.1. The number of benzene rings is 4. The van der Waals surface area contributed by atoms with E-state index in [1.165, 1.54) is 24.5 Å². The predicted octanol–water partition coefficient (Wildman–Crippen LogP) is 6.84. The topological polar surface area (TPSA) is 59.3 Å². The quantitative estimate of drug-likeness (QED) is 0.287. The minimum absolute atomic E-state index is 0.231. The van der Waals surface area contributed by atoms with E-state index in [-0.39, 0.29) is 5.91 Å². The van der Waals surface area contributed by atoms with Crippen molar-refractivity contribution in [3.8, 4) is 22.3 Å². The molecule has 1 aliphatic heterocycles. The van der Waals surface area contributed by atoms with Crippen molar-refractivity contribution >= 4 is 33.9 Å². The number of nitrogens with one attached hydrogen (secondary N) is 1. The van der Waals surface area contributed by atoms with Gasteiger partial charge in [-0.1, -0.05) is 48.0 Å². The van der Waals surface area contributed by atoms with Crippen molar-refractivity contribution in [2.45, 2.75) is 6.04 Å². The molecule has 7 heteroatoms. The maximum Gasteiger partial charge on any atom is 0.252 e. The molecule has 3 heterocycles. The second-order valence-electron chi connectivity index (χ2n) is 9.10. The third-order valence-corrected chi connectivity index (χ3v) is 7.27. The molecule has 1 unspecified atom stereocenters. The Hall–Kier alpha value is -4.55. The molecular formula is C30H18ClFN4O. The molecule has 0 radical (unpaired) electrons. The van der Waals surface area contributed by atoms with Crippen molar-refractivity contribution in [3.05, 3.63) is 125 Å². The zero-order valence-electron chi connectivity index (χ0n) is 19.3. The summed E-state index contributed by atoms with van der Waals surface area (Å²) in [7, 11) is 0. The van der Waals surface area contributed by atoms with Gasteiger partial charge in [-0.15, -0.1) is 0 Å². The molecular weight excluding hydrogens is 487 g/mol. The molecule has 37 heavy (non-hydrogen) atoms. The Balaban J connectivity index is 1.50. The molecule has 4 aromatic carbocycles. The lowest BCUT2D eigenvalue weighted by molar-refractivity contribution is 0.0960. The summed E-state index contributed by atoms with van der Waals surface area (Å²) < 4.78 is 16.0. The molecule has 2 aromatic heterocycles. The summed E-state index contributed by atoms with van der Waals surface area (Å²) in [5.41, 5.74) is 6.14. The Labute approximate surface area is 216 Å². The highest BCUT2D eigenvalue weighted by molar-refractivity contribution is 6.31. The molecule has 0 saturated carbocycles. The number of pyridine rings is 1. The molecule has 6 aromatic rings. The summed E-state index contributed by atoms with van der Waals surface area (Å²) in [6.07, 6.45) is 3.39. The van der Waals surface area contributed by atoms with Gasteiger partial charge in [0, 0.05) is 27.9 Å². The van der Waals surface area contributed by atoms with Crippen molar-refractivity contribution in [2.24, 2.45) is 0 Å². The van der Waals surface area contributed by atoms with Crippen LogP contribution in [-0.2, 0) is 0 Å². The Morgan fingerprint density at radius 2 is 1.65 bits per heavy atom. The molecule has 0 fully saturated rings. The Bertz CT molecular complexity index is 1880. The van der Waals surface area contributed by atoms with E-state index in [4.69, 9.17) is 11.6 Å². The normalized spacial score (nSPS) is 14.8. The van der Waals surface area contributed by atoms with Gasteiger partial charge in [0.25, 0.3) is 5.91 Å². The number of rotatable bonds is 3. The lowest BCUT2D eigenvalue weighted by Crippen LogP contribution is -2.20. The molecule has 178 valence electrons. The third kappa shape index (κ3) is 3.57. The van der Waals surface area contributed by atoms with Crippen LogP contribution in [-0.4, -0.2) is 20.5 Å². The Kier molecular flexibility index (Phi) is 4.84. The van der Waals surface area contributed by atoms with Crippen molar-refractivity contribution in [2.75, 3.05) is 0 Å². The number of fused-ring (bicyclic) bond motifs is 3. The Morgan fingerprint density at radius 3 is 2.54 bits per heavy atom. The van der Waals surface area contributed by atoms with Crippen molar-refractivity contribution in [1.82, 2.24) is 19.9 Å². The summed E-state index contributed by atoms with van der Waals surface area (Å²) in [6.45, 7) is 0. The molecule has 0 aliphatic carbocycles. The molecule has 1 atom stereocenters. The summed E-state index contributed by atoms with van der Waals surface area (Å²) in [6, 6.07) is 25.8. The third-order valence-electron chi connectivity index (χ3n) is 6.93. The molecule has 0 bridgehead atoms. The Morgan fingerprint density at radius 1 is 0.838 bits per heavy atom. The second kappa shape index (κ2) is 8.25. The number of aromatic nitrogens is 3. The van der Waals surface area contributed by atoms with E-state index >= 15 is 0 Å². The van der Waals surface area contributed by atoms with Crippen LogP contribution < -0.4 is 5.32 Å². The average Bonchev–Trinajstić information content (AvgIpc) is 3.53. The van der Waals surface area contributed by atoms with Gasteiger partial charge in [-0.25, -0.2) is 13.9 Å². The largest absolute Gasteiger partial charge is 0.341 e. The van der Waals surface area contributed by atoms with Gasteiger partial charge < -0.3 is 5.32 Å². The van der Waals surface area contributed by atoms with E-state index in [1.54, 1.807) is 4.52 Å². The van der Waals surface area contributed by atoms with Crippen LogP contribution in [0.2, 0.25) is 5.02 Å². The van der Waals surface area contributed by atoms with E-state index in [1.807, 2.05) is 36.5 Å². The van der Waals surface area contributed by atoms with Gasteiger partial charge in [-0.05, 0) is 81.6 Å². The van der Waals surface area contributed by atoms with Crippen molar-refractivity contribution < 1.29 is 9.18 Å². The lowest BCUT2D eigenvalue weighted by Gasteiger charge is -2.19. The number of nitrogens with zero attached hydrogens (tertiary/aromatic N) is 3. The molecule has 1 N–H and O–H groups in total. The number of halogens is 2. The van der Waals surface area contributed by atoms with Gasteiger partial charge in [-0.2, -0.15) is 5.10 Å². The highest BCUT2D eigenvalue weighted by Crippen LogP contribution is 2.43. The lowest BCUT2D eigenvalue weighted by atomic mass is 9.87. The fraction of sp³-hybridized carbons (Fsp3) is 0.0333. The molecule has 1 aliphatic rings. The molecule has 7 rings (SSSR count). The molecule has 5 nitrogen and oxygen atoms in total. The van der Waals surface area contributed by atoms with Gasteiger partial charge in [0.15, 0.2) is 5.65 Å². The predicted molar refractivity (Wildman–Crippen MR) is 142 cm³/mol. The number of amides is 1. The van der Waals surface area contributed by atoms with Crippen LogP contribution in [0.15, 0.2) is 97.5 Å². The second-order valence-corrected chi connectivity index (χ2v) is 9.51. The van der Waals surface area contributed by atoms with E-state index in [0.29, 0.717) is 16.1 Å². The first-order valence-corrected chi connectivity index (χ1v) is 12.2. The highest BCUT2D eigenvalue weighted by Gasteiger charge is 2.34. The van der Waals surface area contributed by atoms with Crippen molar-refractivity contribution in [1.29, 1.82) is 0 Å². The minimum atomic E-state index is -0.584. The van der Waals surface area contributed by atoms with Gasteiger partial charge in [0.1, 0.15) is 12.1 Å². The van der Waals surface area contributed by atoms with Crippen LogP contribution in [0.3, 0.4) is 0 Å². The first-order chi connectivity index (χ1) is 18.0. The van der Waals surface area contributed by atoms with Crippen LogP contribution in [0.4, 0.5) is 4.39 Å². The SMILES string of the molecule is O=C1NC(c2cc(F)ccc2Cl)c2c1cc(-c1ccc3ncnn3c1)cc2-c1ccc2ccccc2c1. The summed E-state index contributed by atoms with van der Waals surface area (Å²) >= 11 is 6.51. The number of carbonyl (C=O) groups is 1. The smallest absolute Gasteiger partial charge is 0.252 e. The standard InChI is InChI=1S/C30H18ClFN4O/c31-26-9-8-22(32)14-24(26)29-28-23(19-6-5-17-3-1-2-4-18(17)11-19)12-21(13-25(28)30(37)35-29)20-7-10-27-33-16-34-36(27)15-20/h1-16,29H,(H,35,37). The van der Waals surface area contributed by atoms with Crippen LogP contribution in [0.1, 0.15) is 27.5 Å². The van der Waals surface area contributed by atoms with Gasteiger partial charge >= 0.3 is 0 Å². The number of carbonyl (C=O) groups excluding carboxylic acids is 1. The van der Waals surface area contributed by atoms with Gasteiger partial charge in [-0.3, -0.25) is 4.79 Å². The fourth-order valence-corrected chi connectivity index (χ4v) is 5.38. The van der Waals surface area contributed by atoms with Crippen LogP contribution >= 0.6 is 11.6 Å². The van der Waals surface area contributed by atoms with E-state index in [2.05, 4.69) is 51.8 Å². The number of hydrogen-bond donors (Lipinski definition) is 1. The van der Waals surface area contributed by atoms with Crippen LogP contribution in [0.5, 0.6) is 0 Å². The van der Waals surface area contributed by atoms with Crippen LogP contribution in [0.25, 0.3) is 38.7 Å². The fourth-order valence-electron chi connectivity index (χ4n) is 5.15. The van der Waals surface area contributed by atoms with Gasteiger partial charge in [0.05, 0.1) is 6.04 Å². The van der Waals surface area contributed by atoms with E-state index in [9.17, 15) is 9.18 Å². The van der Waals surface area contributed by atoms with Crippen molar-refractivity contribution in [3.63, 3.8) is 0 Å². The first-order valence-electron chi connectivity index (χ1n) is 11.8. The van der Waals surface area contributed by atoms with E-state index in [0.717, 1.165) is 44.2 Å². The van der Waals surface area contributed by atoms with E-state index < -0.39 is 11.9 Å². The molecule has 1 amide bonds. The zero-order chi connectivity index (χ0) is 25.1. The maximum atomic E-state index is 14.3. The van der Waals surface area contributed by atoms with Gasteiger partial charge in [0.2, 0.25) is 0 Å². The maximum absolute atomic E-state index is 14.3. The van der Waals surface area contributed by atoms with Crippen LogP contribution in [0, 0.1) is 5.82 Å². The summed E-state index contributed by atoms with van der Waals surface area (Å²) in [4.78, 5) is 17.5. The number of hydrogen-bond acceptors (Lipinski definition) is 3. The molecule has 0 spiro atoms. The average molecular weight is 505 g/mol. The summed E-state index contributed by atoms with van der Waals surface area (Å²) in [5, 5.41) is 9.89. The minimum Gasteiger partial charge on any atom is -0.341 e. The first kappa shape index (κ1) is 21.7.